The van der Waals surface area contributed by atoms with Gasteiger partial charge in [0, 0.05) is 36.2 Å². The van der Waals surface area contributed by atoms with E-state index in [0.717, 1.165) is 35.6 Å². The zero-order valence-electron chi connectivity index (χ0n) is 14.6. The van der Waals surface area contributed by atoms with Gasteiger partial charge in [-0.25, -0.2) is 4.98 Å². The Bertz CT molecular complexity index is 924. The van der Waals surface area contributed by atoms with Crippen LogP contribution in [0.3, 0.4) is 0 Å². The van der Waals surface area contributed by atoms with Crippen molar-refractivity contribution in [3.63, 3.8) is 0 Å². The molecule has 3 N–H and O–H groups in total. The molecule has 4 heterocycles. The van der Waals surface area contributed by atoms with Crippen LogP contribution < -0.4 is 20.3 Å². The van der Waals surface area contributed by atoms with Crippen molar-refractivity contribution in [1.82, 2.24) is 25.5 Å². The zero-order chi connectivity index (χ0) is 17.5. The van der Waals surface area contributed by atoms with Gasteiger partial charge in [-0.3, -0.25) is 5.10 Å². The van der Waals surface area contributed by atoms with E-state index in [1.54, 1.807) is 13.3 Å². The summed E-state index contributed by atoms with van der Waals surface area (Å²) in [5.74, 6) is 2.08. The van der Waals surface area contributed by atoms with Crippen molar-refractivity contribution in [3.8, 4) is 5.75 Å². The Morgan fingerprint density at radius 1 is 1.19 bits per heavy atom. The molecule has 5 rings (SSSR count). The van der Waals surface area contributed by atoms with Gasteiger partial charge in [0.15, 0.2) is 11.6 Å². The highest BCUT2D eigenvalue weighted by Crippen LogP contribution is 2.33. The maximum absolute atomic E-state index is 5.46. The fraction of sp³-hybridized carbons (Fsp3) is 0.389. The van der Waals surface area contributed by atoms with Crippen molar-refractivity contribution >= 4 is 28.4 Å². The van der Waals surface area contributed by atoms with Gasteiger partial charge >= 0.3 is 0 Å². The van der Waals surface area contributed by atoms with Crippen molar-refractivity contribution in [3.05, 3.63) is 30.6 Å². The number of methoxy groups -OCH3 is 1. The van der Waals surface area contributed by atoms with E-state index < -0.39 is 0 Å². The number of nitrogens with zero attached hydrogens (tertiary/aromatic N) is 4. The number of piperazine rings is 1. The lowest BCUT2D eigenvalue weighted by Gasteiger charge is -2.35. The number of aromatic amines is 1. The van der Waals surface area contributed by atoms with Crippen LogP contribution in [-0.4, -0.2) is 52.4 Å². The summed E-state index contributed by atoms with van der Waals surface area (Å²) in [7, 11) is 1.64. The summed E-state index contributed by atoms with van der Waals surface area (Å²) in [4.78, 5) is 11.7. The van der Waals surface area contributed by atoms with Gasteiger partial charge < -0.3 is 20.3 Å². The number of anilines is 3. The second-order valence-electron chi connectivity index (χ2n) is 6.83. The summed E-state index contributed by atoms with van der Waals surface area (Å²) >= 11 is 0. The molecule has 8 nitrogen and oxygen atoms in total. The van der Waals surface area contributed by atoms with Crippen LogP contribution in [0.5, 0.6) is 5.75 Å². The van der Waals surface area contributed by atoms with Crippen molar-refractivity contribution in [2.24, 2.45) is 0 Å². The Kier molecular flexibility index (Phi) is 3.63. The minimum Gasteiger partial charge on any atom is -0.491 e. The predicted octanol–water partition coefficient (Wildman–Crippen LogP) is 2.05. The van der Waals surface area contributed by atoms with Gasteiger partial charge in [-0.05, 0) is 31.0 Å². The molecule has 0 amide bonds. The molecule has 2 unspecified atom stereocenters. The van der Waals surface area contributed by atoms with Gasteiger partial charge in [0.25, 0.3) is 0 Å². The number of nitrogens with one attached hydrogen (secondary N) is 3. The molecular weight excluding hydrogens is 330 g/mol. The van der Waals surface area contributed by atoms with Crippen molar-refractivity contribution < 1.29 is 4.74 Å². The van der Waals surface area contributed by atoms with E-state index in [9.17, 15) is 0 Å². The first kappa shape index (κ1) is 15.4. The van der Waals surface area contributed by atoms with Gasteiger partial charge in [0.05, 0.1) is 25.0 Å². The van der Waals surface area contributed by atoms with E-state index in [4.69, 9.17) is 9.72 Å². The largest absolute Gasteiger partial charge is 0.491 e. The quantitative estimate of drug-likeness (QED) is 0.662. The van der Waals surface area contributed by atoms with Crippen LogP contribution in [0.25, 0.3) is 10.9 Å². The normalized spacial score (nSPS) is 22.0. The van der Waals surface area contributed by atoms with E-state index in [-0.39, 0.29) is 0 Å². The van der Waals surface area contributed by atoms with Crippen LogP contribution in [0.2, 0.25) is 0 Å². The van der Waals surface area contributed by atoms with E-state index in [0.29, 0.717) is 23.7 Å². The van der Waals surface area contributed by atoms with E-state index in [1.165, 1.54) is 12.8 Å². The molecule has 0 radical (unpaired) electrons. The van der Waals surface area contributed by atoms with E-state index in [2.05, 4.69) is 30.7 Å². The highest BCUT2D eigenvalue weighted by molar-refractivity contribution is 5.83. The molecule has 26 heavy (non-hydrogen) atoms. The summed E-state index contributed by atoms with van der Waals surface area (Å²) in [6, 6.07) is 6.97. The van der Waals surface area contributed by atoms with Crippen LogP contribution in [-0.2, 0) is 0 Å². The lowest BCUT2D eigenvalue weighted by molar-refractivity contribution is 0.412. The summed E-state index contributed by atoms with van der Waals surface area (Å²) < 4.78 is 5.46. The van der Waals surface area contributed by atoms with Crippen molar-refractivity contribution in [1.29, 1.82) is 0 Å². The van der Waals surface area contributed by atoms with Crippen LogP contribution in [0.4, 0.5) is 17.5 Å². The van der Waals surface area contributed by atoms with Crippen molar-refractivity contribution in [2.75, 3.05) is 30.4 Å². The Hall–Kier alpha value is -2.87. The number of ether oxygens (including phenoxy) is 1. The smallest absolute Gasteiger partial charge is 0.228 e. The second kappa shape index (κ2) is 6.14. The lowest BCUT2D eigenvalue weighted by atomic mass is 10.2. The van der Waals surface area contributed by atoms with Gasteiger partial charge in [-0.1, -0.05) is 0 Å². The fourth-order valence-electron chi connectivity index (χ4n) is 3.99. The summed E-state index contributed by atoms with van der Waals surface area (Å²) in [6.45, 7) is 1.98. The average Bonchev–Trinajstić information content (AvgIpc) is 3.23. The molecule has 8 heteroatoms. The molecule has 1 aromatic carbocycles. The topological polar surface area (TPSA) is 91.0 Å². The lowest BCUT2D eigenvalue weighted by Crippen LogP contribution is -2.52. The minimum absolute atomic E-state index is 0.470. The number of benzene rings is 1. The Morgan fingerprint density at radius 3 is 2.85 bits per heavy atom. The second-order valence-corrected chi connectivity index (χ2v) is 6.83. The molecule has 134 valence electrons. The molecule has 2 bridgehead atoms. The number of aromatic nitrogens is 4. The minimum atomic E-state index is 0.470. The van der Waals surface area contributed by atoms with Crippen molar-refractivity contribution in [2.45, 2.75) is 24.9 Å². The third-order valence-corrected chi connectivity index (χ3v) is 5.28. The number of rotatable bonds is 4. The van der Waals surface area contributed by atoms with Gasteiger partial charge in [0.2, 0.25) is 5.95 Å². The monoisotopic (exact) mass is 351 g/mol. The summed E-state index contributed by atoms with van der Waals surface area (Å²) in [5, 5.41) is 14.9. The molecule has 3 aromatic rings. The molecule has 2 aliphatic heterocycles. The Labute approximate surface area is 151 Å². The standard InChI is InChI=1S/C18H21N7O/c1-26-16-10-20-18(25-13-3-4-14(25)9-19-8-13)23-17(16)22-12-2-5-15-11(6-12)7-21-24-15/h2,5-7,10,13-14,19H,3-4,8-9H2,1H3,(H,21,24)(H,20,22,23). The third-order valence-electron chi connectivity index (χ3n) is 5.28. The maximum atomic E-state index is 5.46. The summed E-state index contributed by atoms with van der Waals surface area (Å²) in [6.07, 6.45) is 5.93. The van der Waals surface area contributed by atoms with Gasteiger partial charge in [-0.2, -0.15) is 10.1 Å². The summed E-state index contributed by atoms with van der Waals surface area (Å²) in [5.41, 5.74) is 1.94. The van der Waals surface area contributed by atoms with Crippen LogP contribution in [0.15, 0.2) is 30.6 Å². The van der Waals surface area contributed by atoms with Gasteiger partial charge in [0.1, 0.15) is 0 Å². The Morgan fingerprint density at radius 2 is 2.04 bits per heavy atom. The number of hydrogen-bond donors (Lipinski definition) is 3. The molecule has 2 saturated heterocycles. The zero-order valence-corrected chi connectivity index (χ0v) is 14.6. The maximum Gasteiger partial charge on any atom is 0.228 e. The SMILES string of the molecule is COc1cnc(N2C3CCC2CNC3)nc1Nc1ccc2[nH]ncc2c1. The molecule has 2 aliphatic rings. The van der Waals surface area contributed by atoms with Crippen LogP contribution in [0, 0.1) is 0 Å². The molecule has 2 atom stereocenters. The Balaban J connectivity index is 1.48. The first-order valence-corrected chi connectivity index (χ1v) is 8.92. The fourth-order valence-corrected chi connectivity index (χ4v) is 3.99. The molecule has 2 fully saturated rings. The van der Waals surface area contributed by atoms with Crippen LogP contribution in [0.1, 0.15) is 12.8 Å². The predicted molar refractivity (Wildman–Crippen MR) is 100 cm³/mol. The molecule has 0 saturated carbocycles. The first-order chi connectivity index (χ1) is 12.8. The number of fused-ring (bicyclic) bond motifs is 3. The van der Waals surface area contributed by atoms with E-state index >= 15 is 0 Å². The first-order valence-electron chi connectivity index (χ1n) is 8.92. The third kappa shape index (κ3) is 2.53. The molecular formula is C18H21N7O. The molecule has 0 spiro atoms. The molecule has 0 aliphatic carbocycles. The highest BCUT2D eigenvalue weighted by Gasteiger charge is 2.38. The van der Waals surface area contributed by atoms with E-state index in [1.807, 2.05) is 24.4 Å². The molecule has 2 aromatic heterocycles. The van der Waals surface area contributed by atoms with Gasteiger partial charge in [-0.15, -0.1) is 0 Å². The number of hydrogen-bond acceptors (Lipinski definition) is 7. The van der Waals surface area contributed by atoms with Crippen LogP contribution >= 0.6 is 0 Å². The highest BCUT2D eigenvalue weighted by atomic mass is 16.5. The number of H-pyrrole nitrogens is 1. The average molecular weight is 351 g/mol.